The number of hydrogen-bond donors (Lipinski definition) is 1. The molecule has 0 amide bonds. The molecule has 4 nitrogen and oxygen atoms in total. The summed E-state index contributed by atoms with van der Waals surface area (Å²) in [6, 6.07) is 2.03. The maximum atomic E-state index is 5.46. The number of aromatic nitrogens is 2. The summed E-state index contributed by atoms with van der Waals surface area (Å²) in [5.74, 6) is 1.20. The highest BCUT2D eigenvalue weighted by molar-refractivity contribution is 5.41. The monoisotopic (exact) mass is 152 g/mol. The smallest absolute Gasteiger partial charge is 0.126 e. The molecule has 0 aromatic carbocycles. The number of nitrogens with zero attached hydrogens (tertiary/aromatic N) is 3. The van der Waals surface area contributed by atoms with Gasteiger partial charge in [-0.2, -0.15) is 5.10 Å². The lowest BCUT2D eigenvalue weighted by Crippen LogP contribution is -2.27. The Balaban J connectivity index is 2.18. The van der Waals surface area contributed by atoms with Gasteiger partial charge in [-0.15, -0.1) is 0 Å². The normalized spacial score (nSPS) is 15.5. The van der Waals surface area contributed by atoms with Crippen molar-refractivity contribution in [2.24, 2.45) is 5.73 Å². The molecule has 1 aliphatic rings. The topological polar surface area (TPSA) is 47.1 Å². The van der Waals surface area contributed by atoms with Crippen LogP contribution in [-0.4, -0.2) is 29.4 Å². The first kappa shape index (κ1) is 6.67. The van der Waals surface area contributed by atoms with Crippen LogP contribution in [0.3, 0.4) is 0 Å². The van der Waals surface area contributed by atoms with Crippen molar-refractivity contribution in [2.75, 3.05) is 24.5 Å². The van der Waals surface area contributed by atoms with E-state index in [1.54, 1.807) is 0 Å². The highest BCUT2D eigenvalue weighted by Crippen LogP contribution is 2.18. The van der Waals surface area contributed by atoms with Crippen LogP contribution in [0.15, 0.2) is 12.3 Å². The van der Waals surface area contributed by atoms with E-state index in [2.05, 4.69) is 10.00 Å². The second-order valence-electron chi connectivity index (χ2n) is 2.69. The SMILES string of the molecule is NCCN1CCn2nccc21. The molecule has 4 heteroatoms. The van der Waals surface area contributed by atoms with Crippen molar-refractivity contribution in [1.29, 1.82) is 0 Å². The molecule has 60 valence electrons. The minimum atomic E-state index is 0.713. The van der Waals surface area contributed by atoms with Gasteiger partial charge in [-0.05, 0) is 0 Å². The lowest BCUT2D eigenvalue weighted by molar-refractivity contribution is 0.686. The van der Waals surface area contributed by atoms with Crippen molar-refractivity contribution < 1.29 is 0 Å². The van der Waals surface area contributed by atoms with Gasteiger partial charge in [0.25, 0.3) is 0 Å². The van der Waals surface area contributed by atoms with Gasteiger partial charge >= 0.3 is 0 Å². The average Bonchev–Trinajstić information content (AvgIpc) is 2.53. The Hall–Kier alpha value is -1.03. The number of anilines is 1. The van der Waals surface area contributed by atoms with Crippen LogP contribution >= 0.6 is 0 Å². The second-order valence-corrected chi connectivity index (χ2v) is 2.69. The molecule has 0 bridgehead atoms. The summed E-state index contributed by atoms with van der Waals surface area (Å²) >= 11 is 0. The first-order chi connectivity index (χ1) is 5.42. The van der Waals surface area contributed by atoms with Crippen LogP contribution in [0.5, 0.6) is 0 Å². The van der Waals surface area contributed by atoms with Gasteiger partial charge in [-0.25, -0.2) is 4.68 Å². The van der Waals surface area contributed by atoms with Gasteiger partial charge in [0.2, 0.25) is 0 Å². The fourth-order valence-electron chi connectivity index (χ4n) is 1.48. The minimum Gasteiger partial charge on any atom is -0.354 e. The van der Waals surface area contributed by atoms with Crippen molar-refractivity contribution in [3.63, 3.8) is 0 Å². The van der Waals surface area contributed by atoms with Gasteiger partial charge in [-0.3, -0.25) is 0 Å². The Bertz CT molecular complexity index is 242. The molecule has 1 aromatic rings. The molecule has 1 aromatic heterocycles. The molecule has 2 N–H and O–H groups in total. The lowest BCUT2D eigenvalue weighted by Gasteiger charge is -2.14. The molecule has 0 unspecified atom stereocenters. The quantitative estimate of drug-likeness (QED) is 0.630. The van der Waals surface area contributed by atoms with Crippen LogP contribution in [0.1, 0.15) is 0 Å². The third-order valence-electron chi connectivity index (χ3n) is 2.00. The number of nitrogens with two attached hydrogens (primary N) is 1. The zero-order valence-corrected chi connectivity index (χ0v) is 6.40. The molecule has 0 saturated carbocycles. The molecule has 0 spiro atoms. The van der Waals surface area contributed by atoms with E-state index in [0.29, 0.717) is 6.54 Å². The molecule has 0 radical (unpaired) electrons. The predicted octanol–water partition coefficient (Wildman–Crippen LogP) is -0.338. The molecule has 1 aliphatic heterocycles. The van der Waals surface area contributed by atoms with E-state index >= 15 is 0 Å². The maximum Gasteiger partial charge on any atom is 0.126 e. The van der Waals surface area contributed by atoms with Gasteiger partial charge < -0.3 is 10.6 Å². The second kappa shape index (κ2) is 2.54. The van der Waals surface area contributed by atoms with Crippen LogP contribution in [0.2, 0.25) is 0 Å². The Kier molecular flexibility index (Phi) is 1.54. The zero-order valence-electron chi connectivity index (χ0n) is 6.40. The van der Waals surface area contributed by atoms with E-state index in [4.69, 9.17) is 5.73 Å². The Morgan fingerprint density at radius 2 is 2.45 bits per heavy atom. The van der Waals surface area contributed by atoms with Gasteiger partial charge in [0, 0.05) is 25.7 Å². The van der Waals surface area contributed by atoms with Crippen molar-refractivity contribution in [1.82, 2.24) is 9.78 Å². The van der Waals surface area contributed by atoms with Crippen LogP contribution in [0.4, 0.5) is 5.82 Å². The number of rotatable bonds is 2. The van der Waals surface area contributed by atoms with Crippen LogP contribution in [-0.2, 0) is 6.54 Å². The van der Waals surface area contributed by atoms with Gasteiger partial charge in [-0.1, -0.05) is 0 Å². The number of fused-ring (bicyclic) bond motifs is 1. The van der Waals surface area contributed by atoms with E-state index in [9.17, 15) is 0 Å². The molecule has 2 rings (SSSR count). The van der Waals surface area contributed by atoms with Gasteiger partial charge in [0.15, 0.2) is 0 Å². The highest BCUT2D eigenvalue weighted by Gasteiger charge is 2.17. The van der Waals surface area contributed by atoms with Crippen LogP contribution < -0.4 is 10.6 Å². The molecule has 0 atom stereocenters. The van der Waals surface area contributed by atoms with E-state index < -0.39 is 0 Å². The van der Waals surface area contributed by atoms with Crippen molar-refractivity contribution in [3.05, 3.63) is 12.3 Å². The standard InChI is InChI=1S/C7H12N4/c8-2-4-10-5-6-11-7(10)1-3-9-11/h1,3H,2,4-6,8H2. The Morgan fingerprint density at radius 1 is 1.55 bits per heavy atom. The fourth-order valence-corrected chi connectivity index (χ4v) is 1.48. The molecular weight excluding hydrogens is 140 g/mol. The lowest BCUT2D eigenvalue weighted by atomic mass is 10.5. The highest BCUT2D eigenvalue weighted by atomic mass is 15.4. The predicted molar refractivity (Wildman–Crippen MR) is 43.5 cm³/mol. The summed E-state index contributed by atoms with van der Waals surface area (Å²) in [5, 5.41) is 4.16. The Labute approximate surface area is 65.6 Å². The van der Waals surface area contributed by atoms with E-state index in [1.165, 1.54) is 5.82 Å². The largest absolute Gasteiger partial charge is 0.354 e. The molecular formula is C7H12N4. The first-order valence-corrected chi connectivity index (χ1v) is 3.88. The van der Waals surface area contributed by atoms with Crippen molar-refractivity contribution in [2.45, 2.75) is 6.54 Å². The summed E-state index contributed by atoms with van der Waals surface area (Å²) in [5.41, 5.74) is 5.46. The van der Waals surface area contributed by atoms with E-state index in [0.717, 1.165) is 19.6 Å². The third kappa shape index (κ3) is 0.991. The molecule has 2 heterocycles. The first-order valence-electron chi connectivity index (χ1n) is 3.88. The maximum absolute atomic E-state index is 5.46. The van der Waals surface area contributed by atoms with Crippen molar-refractivity contribution in [3.8, 4) is 0 Å². The molecule has 0 saturated heterocycles. The Morgan fingerprint density at radius 3 is 3.27 bits per heavy atom. The summed E-state index contributed by atoms with van der Waals surface area (Å²) in [6.45, 7) is 3.71. The summed E-state index contributed by atoms with van der Waals surface area (Å²) in [6.07, 6.45) is 1.83. The van der Waals surface area contributed by atoms with Gasteiger partial charge in [0.05, 0.1) is 12.7 Å². The van der Waals surface area contributed by atoms with Crippen molar-refractivity contribution >= 4 is 5.82 Å². The minimum absolute atomic E-state index is 0.713. The molecule has 0 aliphatic carbocycles. The van der Waals surface area contributed by atoms with E-state index in [-0.39, 0.29) is 0 Å². The zero-order chi connectivity index (χ0) is 7.68. The van der Waals surface area contributed by atoms with E-state index in [1.807, 2.05) is 16.9 Å². The average molecular weight is 152 g/mol. The van der Waals surface area contributed by atoms with Crippen LogP contribution in [0.25, 0.3) is 0 Å². The molecule has 0 fully saturated rings. The molecule has 11 heavy (non-hydrogen) atoms. The van der Waals surface area contributed by atoms with Crippen LogP contribution in [0, 0.1) is 0 Å². The summed E-state index contributed by atoms with van der Waals surface area (Å²) < 4.78 is 2.01. The third-order valence-corrected chi connectivity index (χ3v) is 2.00. The van der Waals surface area contributed by atoms with Gasteiger partial charge in [0.1, 0.15) is 5.82 Å². The number of hydrogen-bond acceptors (Lipinski definition) is 3. The summed E-state index contributed by atoms with van der Waals surface area (Å²) in [4.78, 5) is 2.26. The summed E-state index contributed by atoms with van der Waals surface area (Å²) in [7, 11) is 0. The fraction of sp³-hybridized carbons (Fsp3) is 0.571.